The molecule has 1 N–H and O–H groups in total. The minimum absolute atomic E-state index is 0.281. The van der Waals surface area contributed by atoms with E-state index in [1.54, 1.807) is 36.4 Å². The van der Waals surface area contributed by atoms with Crippen LogP contribution in [-0.4, -0.2) is 19.7 Å². The van der Waals surface area contributed by atoms with Crippen LogP contribution < -0.4 is 5.32 Å². The minimum Gasteiger partial charge on any atom is -0.337 e. The Morgan fingerprint density at radius 3 is 2.42 bits per heavy atom. The summed E-state index contributed by atoms with van der Waals surface area (Å²) in [6.45, 7) is 0. The van der Waals surface area contributed by atoms with Crippen LogP contribution in [0.5, 0.6) is 0 Å². The molecule has 0 amide bonds. The molecule has 0 aliphatic carbocycles. The van der Waals surface area contributed by atoms with Crippen LogP contribution in [0.15, 0.2) is 61.1 Å². The summed E-state index contributed by atoms with van der Waals surface area (Å²) >= 11 is 0. The van der Waals surface area contributed by atoms with Gasteiger partial charge in [-0.15, -0.1) is 0 Å². The third kappa shape index (κ3) is 2.36. The van der Waals surface area contributed by atoms with Gasteiger partial charge < -0.3 is 5.32 Å². The van der Waals surface area contributed by atoms with Crippen molar-refractivity contribution in [2.45, 2.75) is 0 Å². The maximum Gasteiger partial charge on any atom is 0.168 e. The first-order valence-corrected chi connectivity index (χ1v) is 7.19. The molecule has 2 heterocycles. The van der Waals surface area contributed by atoms with Gasteiger partial charge in [0.1, 0.15) is 29.5 Å². The Kier molecular flexibility index (Phi) is 3.38. The zero-order valence-corrected chi connectivity index (χ0v) is 12.3. The molecule has 0 bridgehead atoms. The molecule has 118 valence electrons. The molecule has 7 heteroatoms. The average Bonchev–Trinajstić information content (AvgIpc) is 3.02. The van der Waals surface area contributed by atoms with Crippen molar-refractivity contribution in [3.8, 4) is 5.69 Å². The summed E-state index contributed by atoms with van der Waals surface area (Å²) in [7, 11) is 0. The van der Waals surface area contributed by atoms with Gasteiger partial charge in [0.05, 0.1) is 17.3 Å². The molecule has 0 unspecified atom stereocenters. The molecule has 4 rings (SSSR count). The highest BCUT2D eigenvalue weighted by molar-refractivity contribution is 5.89. The third-order valence-corrected chi connectivity index (χ3v) is 3.57. The maximum absolute atomic E-state index is 14.0. The molecule has 2 aromatic carbocycles. The molecule has 0 spiro atoms. The number of para-hydroxylation sites is 2. The molecule has 0 aliphatic heterocycles. The highest BCUT2D eigenvalue weighted by Crippen LogP contribution is 2.26. The number of anilines is 2. The van der Waals surface area contributed by atoms with Crippen molar-refractivity contribution in [2.24, 2.45) is 0 Å². The second kappa shape index (κ2) is 5.69. The Balaban J connectivity index is 1.83. The smallest absolute Gasteiger partial charge is 0.168 e. The lowest BCUT2D eigenvalue weighted by Gasteiger charge is -2.08. The Morgan fingerprint density at radius 2 is 1.62 bits per heavy atom. The van der Waals surface area contributed by atoms with E-state index in [9.17, 15) is 8.78 Å². The number of nitrogens with one attached hydrogen (secondary N) is 1. The highest BCUT2D eigenvalue weighted by Gasteiger charge is 2.14. The normalized spacial score (nSPS) is 10.9. The molecule has 24 heavy (non-hydrogen) atoms. The van der Waals surface area contributed by atoms with Crippen LogP contribution in [0.3, 0.4) is 0 Å². The molecule has 0 saturated carbocycles. The van der Waals surface area contributed by atoms with E-state index in [1.165, 1.54) is 29.3 Å². The summed E-state index contributed by atoms with van der Waals surface area (Å²) in [4.78, 5) is 8.31. The van der Waals surface area contributed by atoms with Gasteiger partial charge in [0, 0.05) is 0 Å². The van der Waals surface area contributed by atoms with Crippen LogP contribution in [-0.2, 0) is 0 Å². The van der Waals surface area contributed by atoms with Crippen LogP contribution in [0.25, 0.3) is 16.7 Å². The van der Waals surface area contributed by atoms with Gasteiger partial charge in [0.2, 0.25) is 0 Å². The van der Waals surface area contributed by atoms with Crippen LogP contribution in [0.2, 0.25) is 0 Å². The first-order chi connectivity index (χ1) is 11.7. The first kappa shape index (κ1) is 14.3. The molecule has 2 aromatic heterocycles. The van der Waals surface area contributed by atoms with Gasteiger partial charge >= 0.3 is 0 Å². The molecule has 0 radical (unpaired) electrons. The third-order valence-electron chi connectivity index (χ3n) is 3.57. The van der Waals surface area contributed by atoms with Crippen molar-refractivity contribution in [3.05, 3.63) is 72.7 Å². The molecule has 0 saturated heterocycles. The monoisotopic (exact) mass is 323 g/mol. The Bertz CT molecular complexity index is 1030. The summed E-state index contributed by atoms with van der Waals surface area (Å²) in [5, 5.41) is 7.67. The van der Waals surface area contributed by atoms with Crippen molar-refractivity contribution >= 4 is 22.5 Å². The summed E-state index contributed by atoms with van der Waals surface area (Å²) < 4.78 is 29.2. The number of aromatic nitrogens is 4. The Labute approximate surface area is 135 Å². The summed E-state index contributed by atoms with van der Waals surface area (Å²) in [5.74, 6) is -0.414. The van der Waals surface area contributed by atoms with Crippen LogP contribution in [0.4, 0.5) is 20.3 Å². The highest BCUT2D eigenvalue weighted by atomic mass is 19.1. The SMILES string of the molecule is Fc1ccccc1Nc1ncnc2c1cnn2-c1ccccc1F. The van der Waals surface area contributed by atoms with E-state index < -0.39 is 11.6 Å². The summed E-state index contributed by atoms with van der Waals surface area (Å²) in [6, 6.07) is 12.5. The Morgan fingerprint density at radius 1 is 0.875 bits per heavy atom. The van der Waals surface area contributed by atoms with Gasteiger partial charge in [-0.2, -0.15) is 5.10 Å². The lowest BCUT2D eigenvalue weighted by molar-refractivity contribution is 0.612. The molecular weight excluding hydrogens is 312 g/mol. The van der Waals surface area contributed by atoms with E-state index in [0.29, 0.717) is 16.9 Å². The lowest BCUT2D eigenvalue weighted by atomic mass is 10.3. The van der Waals surface area contributed by atoms with Crippen molar-refractivity contribution < 1.29 is 8.78 Å². The largest absolute Gasteiger partial charge is 0.337 e. The van der Waals surface area contributed by atoms with E-state index in [1.807, 2.05) is 0 Å². The number of benzene rings is 2. The van der Waals surface area contributed by atoms with Gasteiger partial charge in [0.25, 0.3) is 0 Å². The molecular formula is C17H11F2N5. The predicted octanol–water partition coefficient (Wildman–Crippen LogP) is 3.84. The molecule has 5 nitrogen and oxygen atoms in total. The molecule has 0 aliphatic rings. The van der Waals surface area contributed by atoms with E-state index in [0.717, 1.165) is 0 Å². The van der Waals surface area contributed by atoms with E-state index >= 15 is 0 Å². The molecule has 4 aromatic rings. The standard InChI is InChI=1S/C17H11F2N5/c18-12-5-1-3-7-14(12)23-16-11-9-22-24(17(11)21-10-20-16)15-8-4-2-6-13(15)19/h1-10H,(H,20,21,23). The van der Waals surface area contributed by atoms with Crippen LogP contribution in [0, 0.1) is 11.6 Å². The number of hydrogen-bond donors (Lipinski definition) is 1. The number of halogens is 2. The van der Waals surface area contributed by atoms with E-state index in [-0.39, 0.29) is 11.4 Å². The number of nitrogens with zero attached hydrogens (tertiary/aromatic N) is 4. The Hall–Kier alpha value is -3.35. The van der Waals surface area contributed by atoms with E-state index in [2.05, 4.69) is 20.4 Å². The zero-order chi connectivity index (χ0) is 16.5. The first-order valence-electron chi connectivity index (χ1n) is 7.19. The van der Waals surface area contributed by atoms with E-state index in [4.69, 9.17) is 0 Å². The quantitative estimate of drug-likeness (QED) is 0.622. The van der Waals surface area contributed by atoms with Crippen molar-refractivity contribution in [2.75, 3.05) is 5.32 Å². The van der Waals surface area contributed by atoms with Crippen LogP contribution >= 0.6 is 0 Å². The number of fused-ring (bicyclic) bond motifs is 1. The fourth-order valence-corrected chi connectivity index (χ4v) is 2.43. The minimum atomic E-state index is -0.412. The van der Waals surface area contributed by atoms with Crippen molar-refractivity contribution in [1.29, 1.82) is 0 Å². The maximum atomic E-state index is 14.0. The van der Waals surface area contributed by atoms with Gasteiger partial charge in [-0.05, 0) is 24.3 Å². The fraction of sp³-hybridized carbons (Fsp3) is 0. The topological polar surface area (TPSA) is 55.6 Å². The predicted molar refractivity (Wildman–Crippen MR) is 86.3 cm³/mol. The second-order valence-corrected chi connectivity index (χ2v) is 5.07. The fourth-order valence-electron chi connectivity index (χ4n) is 2.43. The molecule has 0 atom stereocenters. The van der Waals surface area contributed by atoms with Crippen molar-refractivity contribution in [1.82, 2.24) is 19.7 Å². The van der Waals surface area contributed by atoms with Gasteiger partial charge in [-0.25, -0.2) is 23.4 Å². The van der Waals surface area contributed by atoms with Gasteiger partial charge in [-0.3, -0.25) is 0 Å². The second-order valence-electron chi connectivity index (χ2n) is 5.07. The molecule has 0 fully saturated rings. The summed E-state index contributed by atoms with van der Waals surface area (Å²) in [5.41, 5.74) is 0.994. The number of rotatable bonds is 3. The van der Waals surface area contributed by atoms with Crippen molar-refractivity contribution in [3.63, 3.8) is 0 Å². The van der Waals surface area contributed by atoms with Gasteiger partial charge in [-0.1, -0.05) is 24.3 Å². The summed E-state index contributed by atoms with van der Waals surface area (Å²) in [6.07, 6.45) is 2.84. The number of hydrogen-bond acceptors (Lipinski definition) is 4. The average molecular weight is 323 g/mol. The van der Waals surface area contributed by atoms with Gasteiger partial charge in [0.15, 0.2) is 5.65 Å². The van der Waals surface area contributed by atoms with Crippen LogP contribution in [0.1, 0.15) is 0 Å². The lowest BCUT2D eigenvalue weighted by Crippen LogP contribution is -2.02. The zero-order valence-electron chi connectivity index (χ0n) is 12.3.